The van der Waals surface area contributed by atoms with E-state index in [1.807, 2.05) is 0 Å². The number of hydrogen-bond acceptors (Lipinski definition) is 4. The first kappa shape index (κ1) is 12.6. The van der Waals surface area contributed by atoms with Gasteiger partial charge < -0.3 is 10.2 Å². The third-order valence-electron chi connectivity index (χ3n) is 3.36. The van der Waals surface area contributed by atoms with Gasteiger partial charge in [-0.2, -0.15) is 0 Å². The molecular weight excluding hydrogens is 254 g/mol. The van der Waals surface area contributed by atoms with Crippen LogP contribution in [0.3, 0.4) is 0 Å². The average Bonchev–Trinajstić information content (AvgIpc) is 3.13. The summed E-state index contributed by atoms with van der Waals surface area (Å²) >= 11 is 1.71. The van der Waals surface area contributed by atoms with E-state index in [1.54, 1.807) is 11.3 Å². The first-order valence-corrected chi connectivity index (χ1v) is 7.58. The molecule has 1 saturated carbocycles. The fraction of sp³-hybridized carbons (Fsp3) is 0.400. The molecular formula is C15H19N3S. The minimum absolute atomic E-state index is 0.736. The normalized spacial score (nSPS) is 14.6. The minimum Gasteiger partial charge on any atom is -0.321 e. The van der Waals surface area contributed by atoms with Crippen LogP contribution >= 0.6 is 11.3 Å². The standard InChI is InChI=1S/C15H19N3S/c1-11-4-3-5-14(8-11)18(2)15-17-13(10-19-15)9-16-12-6-7-12/h3-5,8,10,12,16H,6-7,9H2,1-2H3. The predicted octanol–water partition coefficient (Wildman–Crippen LogP) is 3.47. The lowest BCUT2D eigenvalue weighted by Gasteiger charge is -2.16. The molecule has 0 radical (unpaired) electrons. The van der Waals surface area contributed by atoms with Gasteiger partial charge in [-0.25, -0.2) is 4.98 Å². The lowest BCUT2D eigenvalue weighted by molar-refractivity contribution is 0.677. The van der Waals surface area contributed by atoms with Crippen LogP contribution in [-0.2, 0) is 6.54 Å². The van der Waals surface area contributed by atoms with Gasteiger partial charge in [0.05, 0.1) is 5.69 Å². The summed E-state index contributed by atoms with van der Waals surface area (Å²) in [6.45, 7) is 3.01. The zero-order valence-electron chi connectivity index (χ0n) is 11.4. The lowest BCUT2D eigenvalue weighted by atomic mass is 10.2. The van der Waals surface area contributed by atoms with Crippen LogP contribution in [0.4, 0.5) is 10.8 Å². The molecule has 100 valence electrons. The number of hydrogen-bond donors (Lipinski definition) is 1. The SMILES string of the molecule is Cc1cccc(N(C)c2nc(CNC3CC3)cs2)c1. The number of benzene rings is 1. The van der Waals surface area contributed by atoms with Crippen molar-refractivity contribution in [2.75, 3.05) is 11.9 Å². The van der Waals surface area contributed by atoms with Gasteiger partial charge in [-0.05, 0) is 37.5 Å². The molecule has 1 fully saturated rings. The second-order valence-electron chi connectivity index (χ2n) is 5.17. The van der Waals surface area contributed by atoms with Crippen molar-refractivity contribution < 1.29 is 0 Å². The molecule has 3 rings (SSSR count). The van der Waals surface area contributed by atoms with Gasteiger partial charge in [-0.15, -0.1) is 11.3 Å². The average molecular weight is 273 g/mol. The molecule has 2 aromatic rings. The second-order valence-corrected chi connectivity index (χ2v) is 6.01. The topological polar surface area (TPSA) is 28.2 Å². The van der Waals surface area contributed by atoms with Crippen LogP contribution in [0.25, 0.3) is 0 Å². The van der Waals surface area contributed by atoms with Crippen LogP contribution in [0.1, 0.15) is 24.1 Å². The number of aromatic nitrogens is 1. The summed E-state index contributed by atoms with van der Waals surface area (Å²) in [5.74, 6) is 0. The van der Waals surface area contributed by atoms with Crippen molar-refractivity contribution >= 4 is 22.2 Å². The molecule has 19 heavy (non-hydrogen) atoms. The van der Waals surface area contributed by atoms with E-state index < -0.39 is 0 Å². The first-order valence-electron chi connectivity index (χ1n) is 6.70. The molecule has 0 unspecified atom stereocenters. The molecule has 1 aromatic heterocycles. The van der Waals surface area contributed by atoms with Gasteiger partial charge in [0.1, 0.15) is 0 Å². The summed E-state index contributed by atoms with van der Waals surface area (Å²) in [7, 11) is 2.08. The molecule has 0 atom stereocenters. The molecule has 0 spiro atoms. The third kappa shape index (κ3) is 3.14. The number of nitrogens with one attached hydrogen (secondary N) is 1. The predicted molar refractivity (Wildman–Crippen MR) is 81.2 cm³/mol. The van der Waals surface area contributed by atoms with Crippen molar-refractivity contribution in [3.05, 3.63) is 40.9 Å². The fourth-order valence-electron chi connectivity index (χ4n) is 2.01. The van der Waals surface area contributed by atoms with Gasteiger partial charge in [0.2, 0.25) is 0 Å². The lowest BCUT2D eigenvalue weighted by Crippen LogP contribution is -2.16. The Kier molecular flexibility index (Phi) is 3.53. The summed E-state index contributed by atoms with van der Waals surface area (Å²) in [6.07, 6.45) is 2.64. The summed E-state index contributed by atoms with van der Waals surface area (Å²) in [4.78, 5) is 6.85. The van der Waals surface area contributed by atoms with Crippen molar-refractivity contribution in [2.24, 2.45) is 0 Å². The van der Waals surface area contributed by atoms with Crippen molar-refractivity contribution in [1.29, 1.82) is 0 Å². The summed E-state index contributed by atoms with van der Waals surface area (Å²) < 4.78 is 0. The van der Waals surface area contributed by atoms with Crippen LogP contribution in [0.5, 0.6) is 0 Å². The Bertz CT molecular complexity index is 560. The van der Waals surface area contributed by atoms with Gasteiger partial charge in [-0.1, -0.05) is 12.1 Å². The second kappa shape index (κ2) is 5.31. The number of rotatable bonds is 5. The molecule has 1 aromatic carbocycles. The van der Waals surface area contributed by atoms with Gasteiger partial charge in [-0.3, -0.25) is 0 Å². The Hall–Kier alpha value is -1.39. The fourth-order valence-corrected chi connectivity index (χ4v) is 2.83. The largest absolute Gasteiger partial charge is 0.321 e. The molecule has 1 aliphatic carbocycles. The summed E-state index contributed by atoms with van der Waals surface area (Å²) in [6, 6.07) is 9.24. The molecule has 1 aliphatic rings. The number of nitrogens with zero attached hydrogens (tertiary/aromatic N) is 2. The van der Waals surface area contributed by atoms with Gasteiger partial charge in [0.25, 0.3) is 0 Å². The number of anilines is 2. The molecule has 0 saturated heterocycles. The van der Waals surface area contributed by atoms with E-state index in [4.69, 9.17) is 4.98 Å². The Morgan fingerprint density at radius 2 is 2.26 bits per heavy atom. The number of thiazole rings is 1. The van der Waals surface area contributed by atoms with E-state index in [1.165, 1.54) is 24.1 Å². The maximum Gasteiger partial charge on any atom is 0.189 e. The Morgan fingerprint density at radius 1 is 1.42 bits per heavy atom. The molecule has 0 bridgehead atoms. The quantitative estimate of drug-likeness (QED) is 0.904. The van der Waals surface area contributed by atoms with Crippen LogP contribution in [0.2, 0.25) is 0 Å². The van der Waals surface area contributed by atoms with Crippen LogP contribution < -0.4 is 10.2 Å². The van der Waals surface area contributed by atoms with E-state index in [-0.39, 0.29) is 0 Å². The minimum atomic E-state index is 0.736. The van der Waals surface area contributed by atoms with Gasteiger partial charge in [0, 0.05) is 30.7 Å². The first-order chi connectivity index (χ1) is 9.22. The van der Waals surface area contributed by atoms with E-state index in [9.17, 15) is 0 Å². The van der Waals surface area contributed by atoms with Crippen LogP contribution in [0.15, 0.2) is 29.6 Å². The highest BCUT2D eigenvalue weighted by molar-refractivity contribution is 7.13. The Morgan fingerprint density at radius 3 is 3.00 bits per heavy atom. The van der Waals surface area contributed by atoms with Crippen molar-refractivity contribution in [3.63, 3.8) is 0 Å². The zero-order valence-corrected chi connectivity index (χ0v) is 12.2. The zero-order chi connectivity index (χ0) is 13.2. The van der Waals surface area contributed by atoms with E-state index in [0.29, 0.717) is 0 Å². The van der Waals surface area contributed by atoms with Gasteiger partial charge >= 0.3 is 0 Å². The molecule has 4 heteroatoms. The van der Waals surface area contributed by atoms with E-state index in [0.717, 1.165) is 23.4 Å². The maximum absolute atomic E-state index is 4.70. The Balaban J connectivity index is 1.70. The molecule has 1 N–H and O–H groups in total. The Labute approximate surface area is 118 Å². The highest BCUT2D eigenvalue weighted by Crippen LogP contribution is 2.27. The van der Waals surface area contributed by atoms with Gasteiger partial charge in [0.15, 0.2) is 5.13 Å². The highest BCUT2D eigenvalue weighted by Gasteiger charge is 2.20. The molecule has 0 aliphatic heterocycles. The van der Waals surface area contributed by atoms with Crippen molar-refractivity contribution in [1.82, 2.24) is 10.3 Å². The third-order valence-corrected chi connectivity index (χ3v) is 4.33. The molecule has 3 nitrogen and oxygen atoms in total. The highest BCUT2D eigenvalue weighted by atomic mass is 32.1. The summed E-state index contributed by atoms with van der Waals surface area (Å²) in [5.41, 5.74) is 3.61. The monoisotopic (exact) mass is 273 g/mol. The summed E-state index contributed by atoms with van der Waals surface area (Å²) in [5, 5.41) is 6.70. The van der Waals surface area contributed by atoms with Crippen LogP contribution in [-0.4, -0.2) is 18.1 Å². The molecule has 1 heterocycles. The van der Waals surface area contributed by atoms with Crippen LogP contribution in [0, 0.1) is 6.92 Å². The number of aryl methyl sites for hydroxylation is 1. The van der Waals surface area contributed by atoms with Crippen molar-refractivity contribution in [2.45, 2.75) is 32.4 Å². The smallest absolute Gasteiger partial charge is 0.189 e. The molecule has 0 amide bonds. The van der Waals surface area contributed by atoms with E-state index >= 15 is 0 Å². The van der Waals surface area contributed by atoms with E-state index in [2.05, 4.69) is 53.8 Å². The maximum atomic E-state index is 4.70. The van der Waals surface area contributed by atoms with Crippen molar-refractivity contribution in [3.8, 4) is 0 Å².